The molecular weight excluding hydrogens is 381 g/mol. The Morgan fingerprint density at radius 1 is 1.07 bits per heavy atom. The van der Waals surface area contributed by atoms with Crippen LogP contribution in [-0.4, -0.2) is 20.4 Å². The van der Waals surface area contributed by atoms with Crippen LogP contribution in [0.15, 0.2) is 53.4 Å². The van der Waals surface area contributed by atoms with Crippen LogP contribution < -0.4 is 10.0 Å². The molecule has 0 heterocycles. The molecule has 2 aromatic carbocycles. The van der Waals surface area contributed by atoms with Gasteiger partial charge in [-0.25, -0.2) is 8.42 Å². The van der Waals surface area contributed by atoms with Gasteiger partial charge in [0.15, 0.2) is 0 Å². The number of hydrogen-bond acceptors (Lipinski definition) is 3. The van der Waals surface area contributed by atoms with Gasteiger partial charge in [0.05, 0.1) is 16.5 Å². The molecule has 1 atom stereocenters. The summed E-state index contributed by atoms with van der Waals surface area (Å²) >= 11 is 0. The molecule has 0 aliphatic heterocycles. The lowest BCUT2D eigenvalue weighted by Gasteiger charge is -2.17. The van der Waals surface area contributed by atoms with Crippen LogP contribution in [0.4, 0.5) is 13.2 Å². The number of aryl methyl sites for hydroxylation is 1. The van der Waals surface area contributed by atoms with E-state index in [0.29, 0.717) is 6.07 Å². The lowest BCUT2D eigenvalue weighted by Crippen LogP contribution is -2.44. The fourth-order valence-corrected chi connectivity index (χ4v) is 3.76. The maximum atomic E-state index is 13.0. The fourth-order valence-electron chi connectivity index (χ4n) is 2.33. The van der Waals surface area contributed by atoms with Crippen molar-refractivity contribution in [2.24, 2.45) is 0 Å². The number of nitrogens with one attached hydrogen (secondary N) is 2. The zero-order valence-corrected chi connectivity index (χ0v) is 15.5. The quantitative estimate of drug-likeness (QED) is 0.783. The van der Waals surface area contributed by atoms with Gasteiger partial charge in [0.1, 0.15) is 0 Å². The minimum atomic E-state index is -4.83. The highest BCUT2D eigenvalue weighted by molar-refractivity contribution is 7.89. The summed E-state index contributed by atoms with van der Waals surface area (Å²) in [5.41, 5.74) is 0.575. The molecule has 9 heteroatoms. The van der Waals surface area contributed by atoms with E-state index in [1.165, 1.54) is 13.0 Å². The van der Waals surface area contributed by atoms with Gasteiger partial charge in [-0.3, -0.25) is 4.79 Å². The van der Waals surface area contributed by atoms with Crippen LogP contribution in [-0.2, 0) is 27.5 Å². The van der Waals surface area contributed by atoms with Gasteiger partial charge in [0.25, 0.3) is 0 Å². The summed E-state index contributed by atoms with van der Waals surface area (Å²) in [5.74, 6) is -0.649. The zero-order valence-electron chi connectivity index (χ0n) is 14.7. The smallest absolute Gasteiger partial charge is 0.351 e. The first kappa shape index (κ1) is 20.9. The Kier molecular flexibility index (Phi) is 6.27. The van der Waals surface area contributed by atoms with Crippen LogP contribution in [0.25, 0.3) is 0 Å². The normalized spacial score (nSPS) is 13.2. The molecule has 0 bridgehead atoms. The van der Waals surface area contributed by atoms with Gasteiger partial charge in [-0.15, -0.1) is 0 Å². The number of carbonyl (C=O) groups excluding carboxylic acids is 1. The second-order valence-corrected chi connectivity index (χ2v) is 7.72. The predicted octanol–water partition coefficient (Wildman–Crippen LogP) is 3.00. The molecule has 0 fully saturated rings. The van der Waals surface area contributed by atoms with Crippen LogP contribution in [0.3, 0.4) is 0 Å². The van der Waals surface area contributed by atoms with Gasteiger partial charge in [-0.1, -0.05) is 42.0 Å². The molecule has 2 rings (SSSR count). The Labute approximate surface area is 155 Å². The number of carbonyl (C=O) groups is 1. The van der Waals surface area contributed by atoms with Crippen LogP contribution in [0.5, 0.6) is 0 Å². The average Bonchev–Trinajstić information content (AvgIpc) is 2.60. The van der Waals surface area contributed by atoms with E-state index in [9.17, 15) is 26.4 Å². The van der Waals surface area contributed by atoms with Crippen molar-refractivity contribution >= 4 is 15.9 Å². The first-order valence-corrected chi connectivity index (χ1v) is 9.51. The van der Waals surface area contributed by atoms with Gasteiger partial charge in [0, 0.05) is 6.54 Å². The highest BCUT2D eigenvalue weighted by atomic mass is 32.2. The third-order valence-electron chi connectivity index (χ3n) is 3.79. The zero-order chi connectivity index (χ0) is 20.2. The Hall–Kier alpha value is -2.39. The van der Waals surface area contributed by atoms with E-state index in [2.05, 4.69) is 5.32 Å². The highest BCUT2D eigenvalue weighted by Crippen LogP contribution is 2.33. The van der Waals surface area contributed by atoms with Crippen molar-refractivity contribution in [1.82, 2.24) is 10.0 Å². The van der Waals surface area contributed by atoms with Crippen molar-refractivity contribution in [3.8, 4) is 0 Å². The first-order chi connectivity index (χ1) is 12.5. The number of alkyl halides is 3. The third-order valence-corrected chi connectivity index (χ3v) is 5.39. The lowest BCUT2D eigenvalue weighted by atomic mass is 10.1. The Morgan fingerprint density at radius 3 is 2.26 bits per heavy atom. The molecule has 0 aliphatic carbocycles. The Bertz CT molecular complexity index is 910. The maximum Gasteiger partial charge on any atom is 0.417 e. The summed E-state index contributed by atoms with van der Waals surface area (Å²) in [4.78, 5) is 11.2. The Morgan fingerprint density at radius 2 is 1.67 bits per heavy atom. The van der Waals surface area contributed by atoms with Crippen molar-refractivity contribution in [3.63, 3.8) is 0 Å². The fraction of sp³-hybridized carbons (Fsp3) is 0.278. The molecule has 146 valence electrons. The Balaban J connectivity index is 2.09. The average molecular weight is 400 g/mol. The van der Waals surface area contributed by atoms with E-state index in [-0.39, 0.29) is 6.54 Å². The van der Waals surface area contributed by atoms with Crippen LogP contribution in [0.2, 0.25) is 0 Å². The van der Waals surface area contributed by atoms with Gasteiger partial charge < -0.3 is 5.32 Å². The molecule has 1 amide bonds. The van der Waals surface area contributed by atoms with Crippen molar-refractivity contribution < 1.29 is 26.4 Å². The van der Waals surface area contributed by atoms with Crippen LogP contribution >= 0.6 is 0 Å². The SMILES string of the molecule is Cc1ccc(CNC(=O)[C@H](C)NS(=O)(=O)c2ccccc2C(F)(F)F)cc1. The van der Waals surface area contributed by atoms with Gasteiger partial charge in [0.2, 0.25) is 15.9 Å². The molecule has 5 nitrogen and oxygen atoms in total. The van der Waals surface area contributed by atoms with E-state index in [0.717, 1.165) is 23.3 Å². The summed E-state index contributed by atoms with van der Waals surface area (Å²) in [6.07, 6.45) is -4.83. The molecule has 0 aromatic heterocycles. The molecule has 0 aliphatic rings. The molecule has 27 heavy (non-hydrogen) atoms. The van der Waals surface area contributed by atoms with Crippen molar-refractivity contribution in [2.45, 2.75) is 37.5 Å². The maximum absolute atomic E-state index is 13.0. The van der Waals surface area contributed by atoms with E-state index in [1.807, 2.05) is 35.9 Å². The second-order valence-electron chi connectivity index (χ2n) is 6.04. The van der Waals surface area contributed by atoms with Gasteiger partial charge >= 0.3 is 6.18 Å². The third kappa shape index (κ3) is 5.54. The van der Waals surface area contributed by atoms with Gasteiger partial charge in [-0.2, -0.15) is 17.9 Å². The summed E-state index contributed by atoms with van der Waals surface area (Å²) in [6.45, 7) is 3.35. The molecule has 2 N–H and O–H groups in total. The van der Waals surface area contributed by atoms with Crippen molar-refractivity contribution in [1.29, 1.82) is 0 Å². The summed E-state index contributed by atoms with van der Waals surface area (Å²) in [6, 6.07) is 9.91. The van der Waals surface area contributed by atoms with Crippen LogP contribution in [0.1, 0.15) is 23.6 Å². The number of sulfonamides is 1. The van der Waals surface area contributed by atoms with E-state index in [1.54, 1.807) is 0 Å². The van der Waals surface area contributed by atoms with Crippen molar-refractivity contribution in [2.75, 3.05) is 0 Å². The molecule has 2 aromatic rings. The highest BCUT2D eigenvalue weighted by Gasteiger charge is 2.37. The topological polar surface area (TPSA) is 75.3 Å². The van der Waals surface area contributed by atoms with Crippen molar-refractivity contribution in [3.05, 3.63) is 65.2 Å². The summed E-state index contributed by atoms with van der Waals surface area (Å²) in [5, 5.41) is 2.55. The number of amides is 1. The standard InChI is InChI=1S/C18H19F3N2O3S/c1-12-7-9-14(10-8-12)11-22-17(24)13(2)23-27(25,26)16-6-4-3-5-15(16)18(19,20)21/h3-10,13,23H,11H2,1-2H3,(H,22,24)/t13-/m0/s1. The molecule has 0 radical (unpaired) electrons. The molecule has 0 spiro atoms. The molecule has 0 saturated heterocycles. The van der Waals surface area contributed by atoms with Crippen LogP contribution in [0, 0.1) is 6.92 Å². The first-order valence-electron chi connectivity index (χ1n) is 8.02. The van der Waals surface area contributed by atoms with E-state index in [4.69, 9.17) is 0 Å². The minimum absolute atomic E-state index is 0.171. The molecular formula is C18H19F3N2O3S. The van der Waals surface area contributed by atoms with Gasteiger partial charge in [-0.05, 0) is 31.5 Å². The molecule has 0 unspecified atom stereocenters. The summed E-state index contributed by atoms with van der Waals surface area (Å²) in [7, 11) is -4.54. The number of halogens is 3. The molecule has 0 saturated carbocycles. The predicted molar refractivity (Wildman–Crippen MR) is 94.3 cm³/mol. The summed E-state index contributed by atoms with van der Waals surface area (Å²) < 4.78 is 65.8. The lowest BCUT2D eigenvalue weighted by molar-refractivity contribution is -0.139. The number of rotatable bonds is 6. The van der Waals surface area contributed by atoms with E-state index < -0.39 is 38.6 Å². The minimum Gasteiger partial charge on any atom is -0.351 e. The monoisotopic (exact) mass is 400 g/mol. The second kappa shape index (κ2) is 8.10. The van der Waals surface area contributed by atoms with E-state index >= 15 is 0 Å². The number of hydrogen-bond donors (Lipinski definition) is 2. The number of benzene rings is 2. The largest absolute Gasteiger partial charge is 0.417 e.